The van der Waals surface area contributed by atoms with Crippen LogP contribution in [-0.4, -0.2) is 17.6 Å². The van der Waals surface area contributed by atoms with Crippen molar-refractivity contribution in [1.82, 2.24) is 4.98 Å². The molecule has 19 heavy (non-hydrogen) atoms. The summed E-state index contributed by atoms with van der Waals surface area (Å²) in [6.07, 6.45) is 0. The third-order valence-corrected chi connectivity index (χ3v) is 4.29. The van der Waals surface area contributed by atoms with E-state index in [1.54, 1.807) is 18.7 Å². The Bertz CT molecular complexity index is 569. The van der Waals surface area contributed by atoms with Crippen molar-refractivity contribution in [2.45, 2.75) is 17.6 Å². The first-order valence-corrected chi connectivity index (χ1v) is 7.66. The first kappa shape index (κ1) is 13.9. The lowest BCUT2D eigenvalue weighted by Gasteiger charge is -2.02. The highest BCUT2D eigenvalue weighted by atomic mass is 32.2. The van der Waals surface area contributed by atoms with Crippen LogP contribution < -0.4 is 5.73 Å². The molecule has 0 aliphatic rings. The zero-order chi connectivity index (χ0) is 13.7. The Morgan fingerprint density at radius 2 is 2.26 bits per heavy atom. The zero-order valence-electron chi connectivity index (χ0n) is 10.5. The summed E-state index contributed by atoms with van der Waals surface area (Å²) in [6, 6.07) is 7.69. The number of esters is 1. The van der Waals surface area contributed by atoms with E-state index in [1.165, 1.54) is 11.3 Å². The molecule has 2 rings (SSSR count). The maximum absolute atomic E-state index is 11.5. The molecule has 4 nitrogen and oxygen atoms in total. The van der Waals surface area contributed by atoms with E-state index < -0.39 is 0 Å². The van der Waals surface area contributed by atoms with Gasteiger partial charge in [-0.2, -0.15) is 0 Å². The van der Waals surface area contributed by atoms with Gasteiger partial charge in [0.1, 0.15) is 0 Å². The molecule has 0 unspecified atom stereocenters. The highest BCUT2D eigenvalue weighted by Crippen LogP contribution is 2.28. The Balaban J connectivity index is 1.97. The second-order valence-corrected chi connectivity index (χ2v) is 5.57. The van der Waals surface area contributed by atoms with Crippen LogP contribution in [0.15, 0.2) is 34.5 Å². The molecule has 0 fully saturated rings. The van der Waals surface area contributed by atoms with Crippen molar-refractivity contribution in [2.24, 2.45) is 0 Å². The quantitative estimate of drug-likeness (QED) is 0.521. The summed E-state index contributed by atoms with van der Waals surface area (Å²) in [6.45, 7) is 2.14. The Kier molecular flexibility index (Phi) is 4.81. The molecule has 0 aliphatic carbocycles. The molecule has 1 aromatic heterocycles. The minimum Gasteiger partial charge on any atom is -0.461 e. The largest absolute Gasteiger partial charge is 0.461 e. The fraction of sp³-hybridized carbons (Fsp3) is 0.231. The minimum absolute atomic E-state index is 0.358. The van der Waals surface area contributed by atoms with E-state index in [2.05, 4.69) is 4.98 Å². The molecule has 2 aromatic rings. The fourth-order valence-corrected chi connectivity index (χ4v) is 3.10. The minimum atomic E-state index is -0.358. The normalized spacial score (nSPS) is 10.4. The van der Waals surface area contributed by atoms with Gasteiger partial charge >= 0.3 is 5.97 Å². The molecule has 6 heteroatoms. The van der Waals surface area contributed by atoms with Crippen LogP contribution in [0.5, 0.6) is 0 Å². The standard InChI is InChI=1S/C13H14N2O2S2/c1-2-17-13(16)12-15-9(8-19-12)7-18-11-6-4-3-5-10(11)14/h3-6,8H,2,7,14H2,1H3. The number of anilines is 1. The van der Waals surface area contributed by atoms with Crippen LogP contribution in [0, 0.1) is 0 Å². The van der Waals surface area contributed by atoms with Crippen molar-refractivity contribution in [1.29, 1.82) is 0 Å². The highest BCUT2D eigenvalue weighted by Gasteiger charge is 2.12. The molecular weight excluding hydrogens is 280 g/mol. The maximum Gasteiger partial charge on any atom is 0.367 e. The van der Waals surface area contributed by atoms with E-state index in [0.29, 0.717) is 17.4 Å². The lowest BCUT2D eigenvalue weighted by atomic mass is 10.3. The summed E-state index contributed by atoms with van der Waals surface area (Å²) in [4.78, 5) is 16.8. The summed E-state index contributed by atoms with van der Waals surface area (Å²) < 4.78 is 4.91. The van der Waals surface area contributed by atoms with E-state index in [1.807, 2.05) is 29.6 Å². The molecular formula is C13H14N2O2S2. The number of rotatable bonds is 5. The van der Waals surface area contributed by atoms with Crippen molar-refractivity contribution in [3.8, 4) is 0 Å². The van der Waals surface area contributed by atoms with Crippen LogP contribution >= 0.6 is 23.1 Å². The molecule has 0 spiro atoms. The summed E-state index contributed by atoms with van der Waals surface area (Å²) in [5.74, 6) is 0.326. The van der Waals surface area contributed by atoms with E-state index in [4.69, 9.17) is 10.5 Å². The Labute approximate surface area is 120 Å². The second-order valence-electron chi connectivity index (χ2n) is 3.69. The van der Waals surface area contributed by atoms with E-state index in [-0.39, 0.29) is 5.97 Å². The number of nitrogen functional groups attached to an aromatic ring is 1. The second kappa shape index (κ2) is 6.58. The van der Waals surface area contributed by atoms with Crippen LogP contribution in [0.25, 0.3) is 0 Å². The van der Waals surface area contributed by atoms with Gasteiger partial charge in [0, 0.05) is 21.7 Å². The predicted molar refractivity (Wildman–Crippen MR) is 78.5 cm³/mol. The molecule has 0 amide bonds. The number of hydrogen-bond acceptors (Lipinski definition) is 6. The summed E-state index contributed by atoms with van der Waals surface area (Å²) >= 11 is 2.91. The molecule has 0 aliphatic heterocycles. The number of thiazole rings is 1. The molecule has 1 heterocycles. The average Bonchev–Trinajstić information content (AvgIpc) is 2.87. The highest BCUT2D eigenvalue weighted by molar-refractivity contribution is 7.98. The number of hydrogen-bond donors (Lipinski definition) is 1. The molecule has 0 radical (unpaired) electrons. The van der Waals surface area contributed by atoms with Gasteiger partial charge in [-0.25, -0.2) is 9.78 Å². The third-order valence-electron chi connectivity index (χ3n) is 2.30. The van der Waals surface area contributed by atoms with Gasteiger partial charge in [-0.15, -0.1) is 23.1 Å². The van der Waals surface area contributed by atoms with E-state index in [9.17, 15) is 4.79 Å². The number of carbonyl (C=O) groups is 1. The van der Waals surface area contributed by atoms with Crippen molar-refractivity contribution in [3.63, 3.8) is 0 Å². The number of para-hydroxylation sites is 1. The number of thioether (sulfide) groups is 1. The number of ether oxygens (including phenoxy) is 1. The SMILES string of the molecule is CCOC(=O)c1nc(CSc2ccccc2N)cs1. The number of nitrogens with zero attached hydrogens (tertiary/aromatic N) is 1. The van der Waals surface area contributed by atoms with Crippen LogP contribution in [0.1, 0.15) is 22.4 Å². The van der Waals surface area contributed by atoms with Gasteiger partial charge in [-0.1, -0.05) is 12.1 Å². The molecule has 1 aromatic carbocycles. The van der Waals surface area contributed by atoms with Gasteiger partial charge in [0.15, 0.2) is 0 Å². The van der Waals surface area contributed by atoms with Crippen molar-refractivity contribution < 1.29 is 9.53 Å². The maximum atomic E-state index is 11.5. The van der Waals surface area contributed by atoms with Gasteiger partial charge in [-0.05, 0) is 19.1 Å². The van der Waals surface area contributed by atoms with E-state index >= 15 is 0 Å². The average molecular weight is 294 g/mol. The van der Waals surface area contributed by atoms with Crippen molar-refractivity contribution in [2.75, 3.05) is 12.3 Å². The zero-order valence-corrected chi connectivity index (χ0v) is 12.1. The van der Waals surface area contributed by atoms with Crippen LogP contribution in [-0.2, 0) is 10.5 Å². The Morgan fingerprint density at radius 3 is 3.00 bits per heavy atom. The van der Waals surface area contributed by atoms with Crippen LogP contribution in [0.4, 0.5) is 5.69 Å². The molecule has 0 saturated heterocycles. The number of carbonyl (C=O) groups excluding carboxylic acids is 1. The first-order chi connectivity index (χ1) is 9.20. The smallest absolute Gasteiger partial charge is 0.367 e. The van der Waals surface area contributed by atoms with Crippen molar-refractivity contribution in [3.05, 3.63) is 40.3 Å². The van der Waals surface area contributed by atoms with Crippen LogP contribution in [0.3, 0.4) is 0 Å². The van der Waals surface area contributed by atoms with Gasteiger partial charge in [0.2, 0.25) is 5.01 Å². The summed E-state index contributed by atoms with van der Waals surface area (Å²) in [5.41, 5.74) is 7.48. The molecule has 2 N–H and O–H groups in total. The lowest BCUT2D eigenvalue weighted by Crippen LogP contribution is -2.03. The van der Waals surface area contributed by atoms with Crippen molar-refractivity contribution >= 4 is 34.8 Å². The lowest BCUT2D eigenvalue weighted by molar-refractivity contribution is 0.0525. The van der Waals surface area contributed by atoms with E-state index in [0.717, 1.165) is 16.3 Å². The predicted octanol–water partition coefficient (Wildman–Crippen LogP) is 3.19. The number of aromatic nitrogens is 1. The third kappa shape index (κ3) is 3.71. The van der Waals surface area contributed by atoms with Crippen LogP contribution in [0.2, 0.25) is 0 Å². The molecule has 0 saturated carbocycles. The molecule has 100 valence electrons. The number of nitrogens with two attached hydrogens (primary N) is 1. The van der Waals surface area contributed by atoms with Gasteiger partial charge in [0.25, 0.3) is 0 Å². The Morgan fingerprint density at radius 1 is 1.47 bits per heavy atom. The van der Waals surface area contributed by atoms with Gasteiger partial charge in [0.05, 0.1) is 12.3 Å². The summed E-state index contributed by atoms with van der Waals surface area (Å²) in [7, 11) is 0. The Hall–Kier alpha value is -1.53. The molecule has 0 bridgehead atoms. The topological polar surface area (TPSA) is 65.2 Å². The molecule has 0 atom stereocenters. The van der Waals surface area contributed by atoms with Gasteiger partial charge < -0.3 is 10.5 Å². The fourth-order valence-electron chi connectivity index (χ4n) is 1.42. The van der Waals surface area contributed by atoms with Gasteiger partial charge in [-0.3, -0.25) is 0 Å². The first-order valence-electron chi connectivity index (χ1n) is 5.79. The summed E-state index contributed by atoms with van der Waals surface area (Å²) in [5, 5.41) is 2.27. The monoisotopic (exact) mass is 294 g/mol. The number of benzene rings is 1.